The lowest BCUT2D eigenvalue weighted by atomic mass is 10.2. The van der Waals surface area contributed by atoms with Gasteiger partial charge in [-0.3, -0.25) is 10.1 Å². The number of sulfone groups is 1. The van der Waals surface area contributed by atoms with Gasteiger partial charge in [0.05, 0.1) is 16.8 Å². The van der Waals surface area contributed by atoms with Gasteiger partial charge in [0, 0.05) is 11.1 Å². The predicted molar refractivity (Wildman–Crippen MR) is 121 cm³/mol. The van der Waals surface area contributed by atoms with Gasteiger partial charge in [-0.05, 0) is 62.7 Å². The molecule has 1 aromatic heterocycles. The summed E-state index contributed by atoms with van der Waals surface area (Å²) in [5.41, 5.74) is 0.861. The zero-order chi connectivity index (χ0) is 23.1. The molecule has 0 aliphatic rings. The second-order valence-corrected chi connectivity index (χ2v) is 10.1. The van der Waals surface area contributed by atoms with Crippen LogP contribution in [0.4, 0.5) is 6.01 Å². The van der Waals surface area contributed by atoms with Gasteiger partial charge in [0.25, 0.3) is 5.91 Å². The number of aromatic nitrogens is 2. The Morgan fingerprint density at radius 2 is 1.84 bits per heavy atom. The molecule has 1 N–H and O–H groups in total. The van der Waals surface area contributed by atoms with Crippen molar-refractivity contribution in [2.24, 2.45) is 0 Å². The van der Waals surface area contributed by atoms with Crippen molar-refractivity contribution in [1.82, 2.24) is 10.2 Å². The number of carbonyl (C=O) groups excluding carboxylic acids is 1. The number of hydrogen-bond acceptors (Lipinski definition) is 7. The molecule has 170 valence electrons. The average Bonchev–Trinajstić information content (AvgIpc) is 3.25. The molecule has 0 aliphatic carbocycles. The Morgan fingerprint density at radius 3 is 2.53 bits per heavy atom. The normalized spacial score (nSPS) is 11.5. The zero-order valence-electron chi connectivity index (χ0n) is 18.4. The van der Waals surface area contributed by atoms with Crippen molar-refractivity contribution in [2.75, 3.05) is 11.9 Å². The quantitative estimate of drug-likeness (QED) is 0.438. The Labute approximate surface area is 187 Å². The first-order valence-electron chi connectivity index (χ1n) is 10.5. The molecule has 3 aromatic rings. The Morgan fingerprint density at radius 1 is 1.09 bits per heavy atom. The molecule has 0 bridgehead atoms. The highest BCUT2D eigenvalue weighted by Gasteiger charge is 2.21. The van der Waals surface area contributed by atoms with E-state index in [0.29, 0.717) is 23.5 Å². The molecular formula is C23H27N3O5S. The van der Waals surface area contributed by atoms with Crippen molar-refractivity contribution in [3.05, 3.63) is 54.1 Å². The molecule has 2 aromatic carbocycles. The molecule has 32 heavy (non-hydrogen) atoms. The third kappa shape index (κ3) is 5.73. The minimum atomic E-state index is -3.44. The molecule has 8 nitrogen and oxygen atoms in total. The SMILES string of the molecule is CCCCCOc1ccc(C(=O)Nc2nnc(-c3cccc(S(=O)(=O)C(C)C)c3)o2)cc1. The van der Waals surface area contributed by atoms with Crippen molar-refractivity contribution < 1.29 is 22.4 Å². The number of nitrogens with one attached hydrogen (secondary N) is 1. The van der Waals surface area contributed by atoms with Gasteiger partial charge in [-0.15, -0.1) is 5.10 Å². The van der Waals surface area contributed by atoms with Gasteiger partial charge in [0.15, 0.2) is 9.84 Å². The van der Waals surface area contributed by atoms with E-state index in [1.165, 1.54) is 12.1 Å². The molecule has 1 amide bonds. The smallest absolute Gasteiger partial charge is 0.322 e. The molecule has 3 rings (SSSR count). The molecule has 0 unspecified atom stereocenters. The van der Waals surface area contributed by atoms with Crippen molar-refractivity contribution in [3.8, 4) is 17.2 Å². The number of hydrogen-bond donors (Lipinski definition) is 1. The van der Waals surface area contributed by atoms with Crippen LogP contribution in [0.3, 0.4) is 0 Å². The van der Waals surface area contributed by atoms with Gasteiger partial charge in [0.2, 0.25) is 5.89 Å². The molecule has 0 spiro atoms. The molecule has 9 heteroatoms. The van der Waals surface area contributed by atoms with Crippen molar-refractivity contribution >= 4 is 21.8 Å². The molecule has 0 radical (unpaired) electrons. The molecule has 1 heterocycles. The topological polar surface area (TPSA) is 111 Å². The van der Waals surface area contributed by atoms with Gasteiger partial charge in [-0.25, -0.2) is 8.42 Å². The van der Waals surface area contributed by atoms with Crippen molar-refractivity contribution in [1.29, 1.82) is 0 Å². The van der Waals surface area contributed by atoms with Crippen LogP contribution in [0, 0.1) is 0 Å². The summed E-state index contributed by atoms with van der Waals surface area (Å²) in [7, 11) is -3.44. The van der Waals surface area contributed by atoms with E-state index in [1.807, 2.05) is 0 Å². The van der Waals surface area contributed by atoms with Crippen LogP contribution >= 0.6 is 0 Å². The van der Waals surface area contributed by atoms with E-state index in [2.05, 4.69) is 22.4 Å². The van der Waals surface area contributed by atoms with Gasteiger partial charge in [-0.2, -0.15) is 0 Å². The lowest BCUT2D eigenvalue weighted by Crippen LogP contribution is -2.13. The van der Waals surface area contributed by atoms with Crippen molar-refractivity contribution in [3.63, 3.8) is 0 Å². The lowest BCUT2D eigenvalue weighted by molar-refractivity contribution is 0.102. The summed E-state index contributed by atoms with van der Waals surface area (Å²) in [5, 5.41) is 9.76. The molecule has 0 aliphatic heterocycles. The maximum atomic E-state index is 12.5. The number of amides is 1. The summed E-state index contributed by atoms with van der Waals surface area (Å²) in [4.78, 5) is 12.6. The number of nitrogens with zero attached hydrogens (tertiary/aromatic N) is 2. The highest BCUT2D eigenvalue weighted by molar-refractivity contribution is 7.92. The van der Waals surface area contributed by atoms with Crippen LogP contribution in [0.1, 0.15) is 50.4 Å². The Balaban J connectivity index is 1.66. The first-order valence-corrected chi connectivity index (χ1v) is 12.1. The van der Waals surface area contributed by atoms with Crippen LogP contribution in [0.5, 0.6) is 5.75 Å². The first-order chi connectivity index (χ1) is 15.3. The summed E-state index contributed by atoms with van der Waals surface area (Å²) >= 11 is 0. The van der Waals surface area contributed by atoms with Gasteiger partial charge >= 0.3 is 6.01 Å². The zero-order valence-corrected chi connectivity index (χ0v) is 19.2. The molecular weight excluding hydrogens is 430 g/mol. The van der Waals surface area contributed by atoms with E-state index in [1.54, 1.807) is 50.2 Å². The first kappa shape index (κ1) is 23.5. The second kappa shape index (κ2) is 10.4. The lowest BCUT2D eigenvalue weighted by Gasteiger charge is -2.08. The van der Waals surface area contributed by atoms with E-state index in [-0.39, 0.29) is 16.8 Å². The summed E-state index contributed by atoms with van der Waals surface area (Å²) in [6.45, 7) is 6.01. The highest BCUT2D eigenvalue weighted by atomic mass is 32.2. The number of unbranched alkanes of at least 4 members (excludes halogenated alkanes) is 2. The maximum Gasteiger partial charge on any atom is 0.322 e. The van der Waals surface area contributed by atoms with E-state index in [0.717, 1.165) is 19.3 Å². The van der Waals surface area contributed by atoms with Gasteiger partial charge in [-0.1, -0.05) is 30.9 Å². The van der Waals surface area contributed by atoms with Crippen LogP contribution in [0.2, 0.25) is 0 Å². The standard InChI is InChI=1S/C23H27N3O5S/c1-4-5-6-14-30-19-12-10-17(11-13-19)21(27)24-23-26-25-22(31-23)18-8-7-9-20(15-18)32(28,29)16(2)3/h7-13,15-16H,4-6,14H2,1-3H3,(H,24,26,27). The van der Waals surface area contributed by atoms with Gasteiger partial charge < -0.3 is 9.15 Å². The Bertz CT molecular complexity index is 1150. The fraction of sp³-hybridized carbons (Fsp3) is 0.348. The fourth-order valence-electron chi connectivity index (χ4n) is 2.88. The predicted octanol–water partition coefficient (Wildman–Crippen LogP) is 4.74. The third-order valence-electron chi connectivity index (χ3n) is 4.81. The van der Waals surface area contributed by atoms with E-state index in [9.17, 15) is 13.2 Å². The van der Waals surface area contributed by atoms with Crippen molar-refractivity contribution in [2.45, 2.75) is 50.2 Å². The summed E-state index contributed by atoms with van der Waals surface area (Å²) in [6.07, 6.45) is 3.23. The molecule has 0 saturated heterocycles. The average molecular weight is 458 g/mol. The Kier molecular flexibility index (Phi) is 7.63. The van der Waals surface area contributed by atoms with Gasteiger partial charge in [0.1, 0.15) is 5.75 Å². The van der Waals surface area contributed by atoms with Crippen LogP contribution < -0.4 is 10.1 Å². The molecule has 0 fully saturated rings. The molecule has 0 saturated carbocycles. The summed E-state index contributed by atoms with van der Waals surface area (Å²) in [5.74, 6) is 0.403. The number of benzene rings is 2. The maximum absolute atomic E-state index is 12.5. The van der Waals surface area contributed by atoms with Crippen LogP contribution in [0.25, 0.3) is 11.5 Å². The third-order valence-corrected chi connectivity index (χ3v) is 6.96. The molecule has 0 atom stereocenters. The van der Waals surface area contributed by atoms with Crippen LogP contribution in [-0.4, -0.2) is 36.4 Å². The van der Waals surface area contributed by atoms with E-state index < -0.39 is 21.0 Å². The largest absolute Gasteiger partial charge is 0.494 e. The Hall–Kier alpha value is -3.20. The van der Waals surface area contributed by atoms with E-state index in [4.69, 9.17) is 9.15 Å². The van der Waals surface area contributed by atoms with E-state index >= 15 is 0 Å². The second-order valence-electron chi connectivity index (χ2n) is 7.57. The number of ether oxygens (including phenoxy) is 1. The minimum Gasteiger partial charge on any atom is -0.494 e. The summed E-state index contributed by atoms with van der Waals surface area (Å²) in [6, 6.07) is 13.0. The minimum absolute atomic E-state index is 0.0815. The number of anilines is 1. The monoisotopic (exact) mass is 457 g/mol. The van der Waals surface area contributed by atoms with Crippen LogP contribution in [0.15, 0.2) is 57.8 Å². The van der Waals surface area contributed by atoms with Crippen LogP contribution in [-0.2, 0) is 9.84 Å². The highest BCUT2D eigenvalue weighted by Crippen LogP contribution is 2.25. The number of carbonyl (C=O) groups is 1. The summed E-state index contributed by atoms with van der Waals surface area (Å²) < 4.78 is 36.0. The fourth-order valence-corrected chi connectivity index (χ4v) is 3.99. The number of rotatable bonds is 10.